The number of nitriles is 1. The van der Waals surface area contributed by atoms with Crippen LogP contribution in [-0.2, 0) is 4.79 Å². The third-order valence-electron chi connectivity index (χ3n) is 4.98. The first-order valence-electron chi connectivity index (χ1n) is 9.06. The second-order valence-corrected chi connectivity index (χ2v) is 6.71. The summed E-state index contributed by atoms with van der Waals surface area (Å²) in [4.78, 5) is 24.9. The van der Waals surface area contributed by atoms with Gasteiger partial charge in [-0.3, -0.25) is 14.6 Å². The van der Waals surface area contributed by atoms with E-state index in [4.69, 9.17) is 14.8 Å². The van der Waals surface area contributed by atoms with Gasteiger partial charge in [0.2, 0.25) is 17.5 Å². The van der Waals surface area contributed by atoms with Gasteiger partial charge in [-0.15, -0.1) is 0 Å². The Kier molecular flexibility index (Phi) is 6.08. The van der Waals surface area contributed by atoms with Crippen LogP contribution in [0.5, 0.6) is 0 Å². The molecule has 0 bridgehead atoms. The minimum absolute atomic E-state index is 0.148. The quantitative estimate of drug-likeness (QED) is 0.720. The van der Waals surface area contributed by atoms with Crippen molar-refractivity contribution >= 4 is 11.8 Å². The first-order chi connectivity index (χ1) is 12.6. The van der Waals surface area contributed by atoms with Crippen molar-refractivity contribution in [3.05, 3.63) is 11.6 Å². The Balaban J connectivity index is 1.46. The van der Waals surface area contributed by atoms with Crippen LogP contribution in [0, 0.1) is 18.3 Å². The molecular formula is C17H26N6O3. The molecule has 2 aliphatic rings. The van der Waals surface area contributed by atoms with Crippen LogP contribution in [0.2, 0.25) is 0 Å². The highest BCUT2D eigenvalue weighted by molar-refractivity contribution is 5.78. The number of piperazine rings is 2. The Morgan fingerprint density at radius 2 is 1.81 bits per heavy atom. The summed E-state index contributed by atoms with van der Waals surface area (Å²) < 4.78 is 5.55. The zero-order valence-electron chi connectivity index (χ0n) is 15.2. The highest BCUT2D eigenvalue weighted by Crippen LogP contribution is 2.22. The summed E-state index contributed by atoms with van der Waals surface area (Å²) in [6.07, 6.45) is 0. The largest absolute Gasteiger partial charge is 0.424 e. The number of aliphatic hydroxyl groups excluding tert-OH is 1. The molecule has 0 atom stereocenters. The van der Waals surface area contributed by atoms with Crippen LogP contribution in [0.1, 0.15) is 11.6 Å². The number of carbonyl (C=O) groups is 1. The summed E-state index contributed by atoms with van der Waals surface area (Å²) in [5.41, 5.74) is 0.308. The second-order valence-electron chi connectivity index (χ2n) is 6.71. The number of oxazole rings is 1. The normalized spacial score (nSPS) is 19.6. The molecule has 26 heavy (non-hydrogen) atoms. The Bertz CT molecular complexity index is 654. The van der Waals surface area contributed by atoms with E-state index in [9.17, 15) is 4.79 Å². The lowest BCUT2D eigenvalue weighted by Gasteiger charge is -2.37. The number of β-amino-alcohol motifs (C(OH)–C–C–N with tert-alkyl or cyclic N) is 1. The number of hydrogen-bond donors (Lipinski definition) is 1. The fraction of sp³-hybridized carbons (Fsp3) is 0.706. The van der Waals surface area contributed by atoms with E-state index in [0.717, 1.165) is 26.2 Å². The number of rotatable bonds is 5. The van der Waals surface area contributed by atoms with Crippen molar-refractivity contribution in [2.45, 2.75) is 6.92 Å². The maximum atomic E-state index is 12.6. The molecule has 9 heteroatoms. The molecule has 0 saturated carbocycles. The summed E-state index contributed by atoms with van der Waals surface area (Å²) in [5.74, 6) is 1.14. The van der Waals surface area contributed by atoms with Gasteiger partial charge in [-0.2, -0.15) is 5.26 Å². The van der Waals surface area contributed by atoms with Gasteiger partial charge in [-0.1, -0.05) is 0 Å². The van der Waals surface area contributed by atoms with Crippen LogP contribution in [0.15, 0.2) is 4.42 Å². The van der Waals surface area contributed by atoms with Gasteiger partial charge in [0, 0.05) is 65.8 Å². The van der Waals surface area contributed by atoms with Crippen LogP contribution in [0.4, 0.5) is 5.88 Å². The predicted molar refractivity (Wildman–Crippen MR) is 94.7 cm³/mol. The number of hydrogen-bond acceptors (Lipinski definition) is 8. The van der Waals surface area contributed by atoms with Gasteiger partial charge in [0.15, 0.2) is 5.89 Å². The summed E-state index contributed by atoms with van der Waals surface area (Å²) in [7, 11) is 0. The van der Waals surface area contributed by atoms with Crippen LogP contribution in [0.3, 0.4) is 0 Å². The minimum Gasteiger partial charge on any atom is -0.424 e. The van der Waals surface area contributed by atoms with E-state index in [1.54, 1.807) is 6.92 Å². The Morgan fingerprint density at radius 1 is 1.15 bits per heavy atom. The molecule has 142 valence electrons. The van der Waals surface area contributed by atoms with Gasteiger partial charge in [-0.05, 0) is 0 Å². The molecule has 1 N–H and O–H groups in total. The highest BCUT2D eigenvalue weighted by atomic mass is 16.4. The Morgan fingerprint density at radius 3 is 2.42 bits per heavy atom. The lowest BCUT2D eigenvalue weighted by molar-refractivity contribution is -0.133. The maximum absolute atomic E-state index is 12.6. The summed E-state index contributed by atoms with van der Waals surface area (Å²) in [6.45, 7) is 9.07. The average Bonchev–Trinajstić information content (AvgIpc) is 3.04. The molecule has 0 radical (unpaired) electrons. The molecule has 1 aromatic heterocycles. The van der Waals surface area contributed by atoms with Gasteiger partial charge >= 0.3 is 0 Å². The first kappa shape index (κ1) is 18.6. The van der Waals surface area contributed by atoms with E-state index in [1.807, 2.05) is 9.80 Å². The van der Waals surface area contributed by atoms with Crippen LogP contribution < -0.4 is 4.90 Å². The van der Waals surface area contributed by atoms with Crippen molar-refractivity contribution in [3.63, 3.8) is 0 Å². The molecule has 2 fully saturated rings. The monoisotopic (exact) mass is 362 g/mol. The second kappa shape index (κ2) is 8.49. The number of amides is 1. The van der Waals surface area contributed by atoms with Crippen LogP contribution >= 0.6 is 0 Å². The van der Waals surface area contributed by atoms with Gasteiger partial charge < -0.3 is 19.3 Å². The van der Waals surface area contributed by atoms with E-state index in [-0.39, 0.29) is 12.5 Å². The topological polar surface area (TPSA) is 100 Å². The maximum Gasteiger partial charge on any atom is 0.236 e. The van der Waals surface area contributed by atoms with Gasteiger partial charge in [0.05, 0.1) is 13.2 Å². The third kappa shape index (κ3) is 4.33. The molecule has 2 aliphatic heterocycles. The number of nitrogens with zero attached hydrogens (tertiary/aromatic N) is 6. The van der Waals surface area contributed by atoms with Crippen molar-refractivity contribution in [1.82, 2.24) is 19.7 Å². The smallest absolute Gasteiger partial charge is 0.236 e. The van der Waals surface area contributed by atoms with E-state index >= 15 is 0 Å². The van der Waals surface area contributed by atoms with E-state index in [2.05, 4.69) is 20.9 Å². The minimum atomic E-state index is 0.148. The molecular weight excluding hydrogens is 336 g/mol. The third-order valence-corrected chi connectivity index (χ3v) is 4.98. The molecule has 0 aliphatic carbocycles. The lowest BCUT2D eigenvalue weighted by atomic mass is 10.2. The van der Waals surface area contributed by atoms with Crippen LogP contribution in [-0.4, -0.2) is 103 Å². The zero-order valence-corrected chi connectivity index (χ0v) is 15.2. The number of aromatic nitrogens is 1. The standard InChI is InChI=1S/C17H26N6O3/c1-14-19-15(12-18)17(26-14)23-8-6-22(7-9-23)16(25)13-21-4-2-20(3-5-21)10-11-24/h24H,2-11,13H2,1H3. The first-order valence-corrected chi connectivity index (χ1v) is 9.06. The van der Waals surface area contributed by atoms with E-state index in [1.165, 1.54) is 0 Å². The van der Waals surface area contributed by atoms with Crippen molar-refractivity contribution in [1.29, 1.82) is 5.26 Å². The lowest BCUT2D eigenvalue weighted by Crippen LogP contribution is -2.54. The zero-order chi connectivity index (χ0) is 18.5. The molecule has 0 aromatic carbocycles. The molecule has 3 heterocycles. The van der Waals surface area contributed by atoms with Gasteiger partial charge in [0.25, 0.3) is 0 Å². The van der Waals surface area contributed by atoms with E-state index < -0.39 is 0 Å². The van der Waals surface area contributed by atoms with Crippen molar-refractivity contribution in [3.8, 4) is 6.07 Å². The summed E-state index contributed by atoms with van der Waals surface area (Å²) >= 11 is 0. The van der Waals surface area contributed by atoms with Crippen molar-refractivity contribution in [2.75, 3.05) is 77.0 Å². The highest BCUT2D eigenvalue weighted by Gasteiger charge is 2.27. The number of aliphatic hydroxyl groups is 1. The SMILES string of the molecule is Cc1nc(C#N)c(N2CCN(C(=O)CN3CCN(CCO)CC3)CC2)o1. The molecule has 2 saturated heterocycles. The van der Waals surface area contributed by atoms with E-state index in [0.29, 0.717) is 56.7 Å². The average molecular weight is 362 g/mol. The fourth-order valence-corrected chi connectivity index (χ4v) is 3.47. The molecule has 0 spiro atoms. The van der Waals surface area contributed by atoms with Gasteiger partial charge in [0.1, 0.15) is 6.07 Å². The molecule has 3 rings (SSSR count). The number of carbonyl (C=O) groups excluding carboxylic acids is 1. The Hall–Kier alpha value is -2.15. The molecule has 1 aromatic rings. The van der Waals surface area contributed by atoms with Gasteiger partial charge in [-0.25, -0.2) is 4.98 Å². The van der Waals surface area contributed by atoms with Crippen LogP contribution in [0.25, 0.3) is 0 Å². The predicted octanol–water partition coefficient (Wildman–Crippen LogP) is -0.887. The molecule has 0 unspecified atom stereocenters. The number of anilines is 1. The summed E-state index contributed by atoms with van der Waals surface area (Å²) in [6, 6.07) is 2.06. The summed E-state index contributed by atoms with van der Waals surface area (Å²) in [5, 5.41) is 18.1. The molecule has 9 nitrogen and oxygen atoms in total. The fourth-order valence-electron chi connectivity index (χ4n) is 3.47. The number of aryl methyl sites for hydroxylation is 1. The molecule has 1 amide bonds. The Labute approximate surface area is 153 Å². The van der Waals surface area contributed by atoms with Crippen molar-refractivity contribution in [2.24, 2.45) is 0 Å². The van der Waals surface area contributed by atoms with Crippen molar-refractivity contribution < 1.29 is 14.3 Å².